The molecule has 0 aromatic heterocycles. The van der Waals surface area contributed by atoms with Crippen molar-refractivity contribution in [1.29, 1.82) is 0 Å². The molecule has 0 unspecified atom stereocenters. The monoisotopic (exact) mass is 464 g/mol. The summed E-state index contributed by atoms with van der Waals surface area (Å²) in [6.07, 6.45) is 4.77. The van der Waals surface area contributed by atoms with Gasteiger partial charge in [-0.15, -0.1) is 6.58 Å². The molecule has 0 N–H and O–H groups in total. The SMILES string of the molecule is C=C[C@H]1[C@H](C)[C@@H](C[C@@]2(I)CC(C)(C)[C@H](C)[C@H](C)O2)[C@H](C)O[C@@H]1COC. The lowest BCUT2D eigenvalue weighted by molar-refractivity contribution is -0.176. The highest BCUT2D eigenvalue weighted by Crippen LogP contribution is 2.52. The van der Waals surface area contributed by atoms with Crippen molar-refractivity contribution in [3.05, 3.63) is 12.7 Å². The highest BCUT2D eigenvalue weighted by molar-refractivity contribution is 14.1. The summed E-state index contributed by atoms with van der Waals surface area (Å²) in [5.74, 6) is 1.87. The van der Waals surface area contributed by atoms with Crippen LogP contribution in [0.4, 0.5) is 0 Å². The average molecular weight is 464 g/mol. The Kier molecular flexibility index (Phi) is 7.06. The first-order chi connectivity index (χ1) is 11.5. The van der Waals surface area contributed by atoms with Gasteiger partial charge in [0.15, 0.2) is 0 Å². The van der Waals surface area contributed by atoms with E-state index in [0.29, 0.717) is 30.3 Å². The van der Waals surface area contributed by atoms with E-state index in [1.54, 1.807) is 7.11 Å². The van der Waals surface area contributed by atoms with Gasteiger partial charge in [0.1, 0.15) is 3.61 Å². The molecule has 8 atom stereocenters. The Morgan fingerprint density at radius 1 is 1.20 bits per heavy atom. The maximum Gasteiger partial charge on any atom is 0.120 e. The lowest BCUT2D eigenvalue weighted by Crippen LogP contribution is -2.52. The maximum atomic E-state index is 6.54. The molecule has 0 aromatic carbocycles. The van der Waals surface area contributed by atoms with Crippen molar-refractivity contribution in [2.45, 2.75) is 76.3 Å². The van der Waals surface area contributed by atoms with Crippen molar-refractivity contribution in [3.63, 3.8) is 0 Å². The molecule has 0 radical (unpaired) electrons. The van der Waals surface area contributed by atoms with Crippen LogP contribution in [0.25, 0.3) is 0 Å². The first-order valence-corrected chi connectivity index (χ1v) is 10.8. The fourth-order valence-corrected chi connectivity index (χ4v) is 6.87. The van der Waals surface area contributed by atoms with Crippen molar-refractivity contribution in [1.82, 2.24) is 0 Å². The Labute approximate surface area is 168 Å². The number of hydrogen-bond acceptors (Lipinski definition) is 3. The van der Waals surface area contributed by atoms with Gasteiger partial charge in [-0.05, 0) is 72.4 Å². The summed E-state index contributed by atoms with van der Waals surface area (Å²) < 4.78 is 18.1. The summed E-state index contributed by atoms with van der Waals surface area (Å²) in [6.45, 7) is 18.6. The van der Waals surface area contributed by atoms with Gasteiger partial charge >= 0.3 is 0 Å². The molecule has 2 aliphatic heterocycles. The van der Waals surface area contributed by atoms with Gasteiger partial charge in [-0.25, -0.2) is 0 Å². The summed E-state index contributed by atoms with van der Waals surface area (Å²) in [5, 5.41) is 0. The average Bonchev–Trinajstić information content (AvgIpc) is 2.49. The third kappa shape index (κ3) is 4.61. The van der Waals surface area contributed by atoms with Crippen LogP contribution in [-0.4, -0.2) is 35.6 Å². The van der Waals surface area contributed by atoms with E-state index >= 15 is 0 Å². The second-order valence-electron chi connectivity index (χ2n) is 9.04. The van der Waals surface area contributed by atoms with E-state index in [1.807, 2.05) is 0 Å². The molecule has 2 fully saturated rings. The Hall–Kier alpha value is 0.350. The van der Waals surface area contributed by atoms with Crippen LogP contribution in [0, 0.1) is 29.1 Å². The smallest absolute Gasteiger partial charge is 0.120 e. The van der Waals surface area contributed by atoms with E-state index in [1.165, 1.54) is 0 Å². The standard InChI is InChI=1S/C21H37IO3/c1-9-17-13(2)18(16(5)24-19(17)11-23-8)10-21(22)12-20(6,7)14(3)15(4)25-21/h9,13-19H,1,10-12H2,2-8H3/t13-,14+,15-,16-,17-,18+,19+,21-/m0/s1. The Morgan fingerprint density at radius 3 is 2.36 bits per heavy atom. The number of alkyl halides is 1. The van der Waals surface area contributed by atoms with E-state index in [2.05, 4.69) is 76.8 Å². The van der Waals surface area contributed by atoms with Crippen LogP contribution < -0.4 is 0 Å². The van der Waals surface area contributed by atoms with Crippen LogP contribution in [0.1, 0.15) is 54.4 Å². The normalized spacial score (nSPS) is 47.4. The lowest BCUT2D eigenvalue weighted by Gasteiger charge is -2.52. The van der Waals surface area contributed by atoms with Gasteiger partial charge in [0.05, 0.1) is 24.9 Å². The van der Waals surface area contributed by atoms with Crippen molar-refractivity contribution in [2.24, 2.45) is 29.1 Å². The predicted molar refractivity (Wildman–Crippen MR) is 112 cm³/mol. The fourth-order valence-electron chi connectivity index (χ4n) is 4.98. The molecular weight excluding hydrogens is 427 g/mol. The summed E-state index contributed by atoms with van der Waals surface area (Å²) in [6, 6.07) is 0. The summed E-state index contributed by atoms with van der Waals surface area (Å²) in [7, 11) is 1.74. The summed E-state index contributed by atoms with van der Waals surface area (Å²) in [4.78, 5) is 0. The lowest BCUT2D eigenvalue weighted by atomic mass is 9.68. The van der Waals surface area contributed by atoms with Crippen LogP contribution in [0.5, 0.6) is 0 Å². The third-order valence-corrected chi connectivity index (χ3v) is 7.98. The van der Waals surface area contributed by atoms with Crippen molar-refractivity contribution in [2.75, 3.05) is 13.7 Å². The third-order valence-electron chi connectivity index (χ3n) is 6.90. The van der Waals surface area contributed by atoms with E-state index in [-0.39, 0.29) is 27.3 Å². The van der Waals surface area contributed by atoms with Crippen molar-refractivity contribution < 1.29 is 14.2 Å². The number of ether oxygens (including phenoxy) is 3. The van der Waals surface area contributed by atoms with Gasteiger partial charge in [0, 0.05) is 13.0 Å². The second-order valence-corrected chi connectivity index (χ2v) is 11.0. The topological polar surface area (TPSA) is 27.7 Å². The molecular formula is C21H37IO3. The number of halogens is 1. The molecule has 0 amide bonds. The van der Waals surface area contributed by atoms with Gasteiger partial charge in [-0.1, -0.05) is 33.8 Å². The number of rotatable bonds is 5. The second kappa shape index (κ2) is 8.15. The van der Waals surface area contributed by atoms with Crippen LogP contribution in [-0.2, 0) is 14.2 Å². The molecule has 2 heterocycles. The Morgan fingerprint density at radius 2 is 1.84 bits per heavy atom. The molecule has 25 heavy (non-hydrogen) atoms. The minimum atomic E-state index is -0.121. The molecule has 0 bridgehead atoms. The molecule has 2 rings (SSSR count). The zero-order valence-electron chi connectivity index (χ0n) is 17.0. The largest absolute Gasteiger partial charge is 0.382 e. The van der Waals surface area contributed by atoms with E-state index in [9.17, 15) is 0 Å². The van der Waals surface area contributed by atoms with Crippen LogP contribution in [0.2, 0.25) is 0 Å². The van der Waals surface area contributed by atoms with Gasteiger partial charge in [0.2, 0.25) is 0 Å². The number of methoxy groups -OCH3 is 1. The molecule has 146 valence electrons. The Bertz CT molecular complexity index is 466. The minimum absolute atomic E-state index is 0.108. The van der Waals surface area contributed by atoms with Crippen molar-refractivity contribution >= 4 is 22.6 Å². The van der Waals surface area contributed by atoms with Gasteiger partial charge in [-0.3, -0.25) is 0 Å². The molecule has 0 spiro atoms. The van der Waals surface area contributed by atoms with Crippen LogP contribution in [0.3, 0.4) is 0 Å². The van der Waals surface area contributed by atoms with Gasteiger partial charge in [-0.2, -0.15) is 0 Å². The highest BCUT2D eigenvalue weighted by atomic mass is 127. The first-order valence-electron chi connectivity index (χ1n) is 9.68. The van der Waals surface area contributed by atoms with E-state index < -0.39 is 0 Å². The van der Waals surface area contributed by atoms with E-state index in [0.717, 1.165) is 12.8 Å². The zero-order chi connectivity index (χ0) is 19.0. The summed E-state index contributed by atoms with van der Waals surface area (Å²) >= 11 is 2.58. The zero-order valence-corrected chi connectivity index (χ0v) is 19.2. The van der Waals surface area contributed by atoms with Gasteiger partial charge in [0.25, 0.3) is 0 Å². The maximum absolute atomic E-state index is 6.54. The van der Waals surface area contributed by atoms with Crippen LogP contribution in [0.15, 0.2) is 12.7 Å². The fraction of sp³-hybridized carbons (Fsp3) is 0.905. The minimum Gasteiger partial charge on any atom is -0.382 e. The first kappa shape index (κ1) is 21.6. The molecule has 2 aliphatic rings. The Balaban J connectivity index is 2.16. The van der Waals surface area contributed by atoms with Crippen molar-refractivity contribution in [3.8, 4) is 0 Å². The molecule has 4 heteroatoms. The molecule has 0 saturated carbocycles. The molecule has 0 aromatic rings. The predicted octanol–water partition coefficient (Wildman–Crippen LogP) is 5.47. The molecule has 3 nitrogen and oxygen atoms in total. The number of hydrogen-bond donors (Lipinski definition) is 0. The highest BCUT2D eigenvalue weighted by Gasteiger charge is 2.50. The quantitative estimate of drug-likeness (QED) is 0.307. The molecule has 0 aliphatic carbocycles. The van der Waals surface area contributed by atoms with Gasteiger partial charge < -0.3 is 14.2 Å². The summed E-state index contributed by atoms with van der Waals surface area (Å²) in [5.41, 5.74) is 0.289. The van der Waals surface area contributed by atoms with E-state index in [4.69, 9.17) is 14.2 Å². The van der Waals surface area contributed by atoms with Crippen LogP contribution >= 0.6 is 22.6 Å². The molecule has 2 saturated heterocycles.